The van der Waals surface area contributed by atoms with Crippen LogP contribution in [-0.2, 0) is 6.54 Å². The van der Waals surface area contributed by atoms with Gasteiger partial charge in [0, 0.05) is 36.9 Å². The number of hydrogen-bond acceptors (Lipinski definition) is 2. The van der Waals surface area contributed by atoms with Crippen molar-refractivity contribution in [1.29, 1.82) is 0 Å². The Balaban J connectivity index is 1.98. The molecule has 2 heterocycles. The minimum Gasteiger partial charge on any atom is -0.295 e. The molecule has 0 amide bonds. The number of rotatable bonds is 2. The smallest absolute Gasteiger partial charge is 0.0464 e. The zero-order chi connectivity index (χ0) is 10.7. The van der Waals surface area contributed by atoms with Crippen molar-refractivity contribution >= 4 is 11.6 Å². The number of nitrogens with zero attached hydrogens (tertiary/aromatic N) is 2. The zero-order valence-electron chi connectivity index (χ0n) is 9.06. The molecule has 2 rings (SSSR count). The van der Waals surface area contributed by atoms with E-state index in [-0.39, 0.29) is 0 Å². The molecule has 2 nitrogen and oxygen atoms in total. The second-order valence-corrected chi connectivity index (χ2v) is 4.93. The van der Waals surface area contributed by atoms with Crippen molar-refractivity contribution in [3.63, 3.8) is 0 Å². The van der Waals surface area contributed by atoms with Crippen molar-refractivity contribution in [1.82, 2.24) is 9.88 Å². The van der Waals surface area contributed by atoms with Crippen LogP contribution in [0.15, 0.2) is 24.5 Å². The molecule has 3 heteroatoms. The third-order valence-corrected chi connectivity index (χ3v) is 3.44. The van der Waals surface area contributed by atoms with Gasteiger partial charge < -0.3 is 0 Å². The fourth-order valence-electron chi connectivity index (χ4n) is 2.07. The van der Waals surface area contributed by atoms with Crippen molar-refractivity contribution in [2.75, 3.05) is 6.54 Å². The molecule has 0 aliphatic carbocycles. The number of halogens is 1. The SMILES string of the molecule is CC1CCC(Cl)CN1Cc1ccncc1. The molecule has 2 atom stereocenters. The molecule has 15 heavy (non-hydrogen) atoms. The molecule has 0 radical (unpaired) electrons. The Bertz CT molecular complexity index is 302. The highest BCUT2D eigenvalue weighted by Gasteiger charge is 2.23. The minimum atomic E-state index is 0.322. The standard InChI is InChI=1S/C12H17ClN2/c1-10-2-3-12(13)9-15(10)8-11-4-6-14-7-5-11/h4-7,10,12H,2-3,8-9H2,1H3. The fraction of sp³-hybridized carbons (Fsp3) is 0.583. The zero-order valence-corrected chi connectivity index (χ0v) is 9.82. The molecule has 0 bridgehead atoms. The van der Waals surface area contributed by atoms with E-state index in [9.17, 15) is 0 Å². The molecular formula is C12H17ClN2. The van der Waals surface area contributed by atoms with Gasteiger partial charge in [-0.2, -0.15) is 0 Å². The summed E-state index contributed by atoms with van der Waals surface area (Å²) in [5.74, 6) is 0. The lowest BCUT2D eigenvalue weighted by Gasteiger charge is -2.35. The van der Waals surface area contributed by atoms with Crippen LogP contribution in [0.3, 0.4) is 0 Å². The second-order valence-electron chi connectivity index (χ2n) is 4.31. The first-order valence-electron chi connectivity index (χ1n) is 5.52. The highest BCUT2D eigenvalue weighted by atomic mass is 35.5. The Morgan fingerprint density at radius 2 is 2.13 bits per heavy atom. The van der Waals surface area contributed by atoms with E-state index in [1.807, 2.05) is 12.4 Å². The van der Waals surface area contributed by atoms with Gasteiger partial charge in [0.25, 0.3) is 0 Å². The largest absolute Gasteiger partial charge is 0.295 e. The molecule has 1 aromatic rings. The van der Waals surface area contributed by atoms with Gasteiger partial charge in [0.2, 0.25) is 0 Å². The van der Waals surface area contributed by atoms with Crippen LogP contribution in [0.25, 0.3) is 0 Å². The predicted molar refractivity (Wildman–Crippen MR) is 63.0 cm³/mol. The molecule has 1 fully saturated rings. The molecular weight excluding hydrogens is 208 g/mol. The molecule has 0 aromatic carbocycles. The Hall–Kier alpha value is -0.600. The first-order chi connectivity index (χ1) is 7.25. The highest BCUT2D eigenvalue weighted by molar-refractivity contribution is 6.20. The predicted octanol–water partition coefficient (Wildman–Crippen LogP) is 2.67. The quantitative estimate of drug-likeness (QED) is 0.719. The number of likely N-dealkylation sites (tertiary alicyclic amines) is 1. The summed E-state index contributed by atoms with van der Waals surface area (Å²) in [5.41, 5.74) is 1.32. The van der Waals surface area contributed by atoms with Crippen LogP contribution < -0.4 is 0 Å². The maximum atomic E-state index is 6.19. The van der Waals surface area contributed by atoms with E-state index in [1.165, 1.54) is 12.0 Å². The van der Waals surface area contributed by atoms with E-state index >= 15 is 0 Å². The molecule has 1 aliphatic rings. The summed E-state index contributed by atoms with van der Waals surface area (Å²) < 4.78 is 0. The van der Waals surface area contributed by atoms with Crippen molar-refractivity contribution in [2.24, 2.45) is 0 Å². The first kappa shape index (κ1) is 10.9. The average Bonchev–Trinajstić information content (AvgIpc) is 2.25. The Kier molecular flexibility index (Phi) is 3.60. The number of pyridine rings is 1. The van der Waals surface area contributed by atoms with Crippen molar-refractivity contribution in [2.45, 2.75) is 37.7 Å². The summed E-state index contributed by atoms with van der Waals surface area (Å²) >= 11 is 6.19. The Morgan fingerprint density at radius 1 is 1.40 bits per heavy atom. The number of aromatic nitrogens is 1. The molecule has 1 aromatic heterocycles. The van der Waals surface area contributed by atoms with Crippen LogP contribution in [0, 0.1) is 0 Å². The monoisotopic (exact) mass is 224 g/mol. The van der Waals surface area contributed by atoms with Gasteiger partial charge in [-0.05, 0) is 37.5 Å². The Labute approximate surface area is 96.3 Å². The summed E-state index contributed by atoms with van der Waals surface area (Å²) in [5, 5.41) is 0.322. The molecule has 0 N–H and O–H groups in total. The third kappa shape index (κ3) is 2.93. The second kappa shape index (κ2) is 4.95. The molecule has 1 saturated heterocycles. The fourth-order valence-corrected chi connectivity index (χ4v) is 2.38. The van der Waals surface area contributed by atoms with Gasteiger partial charge in [0.05, 0.1) is 0 Å². The lowest BCUT2D eigenvalue weighted by atomic mass is 10.0. The van der Waals surface area contributed by atoms with E-state index in [0.717, 1.165) is 19.5 Å². The van der Waals surface area contributed by atoms with E-state index in [1.54, 1.807) is 0 Å². The number of alkyl halides is 1. The third-order valence-electron chi connectivity index (χ3n) is 3.09. The lowest BCUT2D eigenvalue weighted by molar-refractivity contribution is 0.155. The van der Waals surface area contributed by atoms with Crippen molar-refractivity contribution < 1.29 is 0 Å². The van der Waals surface area contributed by atoms with Gasteiger partial charge in [-0.1, -0.05) is 0 Å². The maximum Gasteiger partial charge on any atom is 0.0464 e. The van der Waals surface area contributed by atoms with Gasteiger partial charge in [-0.15, -0.1) is 11.6 Å². The lowest BCUT2D eigenvalue weighted by Crippen LogP contribution is -2.41. The summed E-state index contributed by atoms with van der Waals surface area (Å²) in [6, 6.07) is 4.79. The van der Waals surface area contributed by atoms with Crippen LogP contribution in [0.2, 0.25) is 0 Å². The van der Waals surface area contributed by atoms with Gasteiger partial charge in [0.1, 0.15) is 0 Å². The van der Waals surface area contributed by atoms with Gasteiger partial charge >= 0.3 is 0 Å². The van der Waals surface area contributed by atoms with Gasteiger partial charge in [-0.3, -0.25) is 9.88 Å². The number of hydrogen-bond donors (Lipinski definition) is 0. The normalized spacial score (nSPS) is 27.9. The van der Waals surface area contributed by atoms with E-state index < -0.39 is 0 Å². The van der Waals surface area contributed by atoms with E-state index in [0.29, 0.717) is 11.4 Å². The van der Waals surface area contributed by atoms with Crippen LogP contribution in [0.5, 0.6) is 0 Å². The molecule has 0 saturated carbocycles. The van der Waals surface area contributed by atoms with E-state index in [4.69, 9.17) is 11.6 Å². The summed E-state index contributed by atoms with van der Waals surface area (Å²) in [7, 11) is 0. The molecule has 1 aliphatic heterocycles. The minimum absolute atomic E-state index is 0.322. The van der Waals surface area contributed by atoms with Crippen molar-refractivity contribution in [3.8, 4) is 0 Å². The summed E-state index contributed by atoms with van der Waals surface area (Å²) in [6.45, 7) is 4.28. The molecule has 82 valence electrons. The van der Waals surface area contributed by atoms with Crippen LogP contribution in [0.4, 0.5) is 0 Å². The topological polar surface area (TPSA) is 16.1 Å². The maximum absolute atomic E-state index is 6.19. The summed E-state index contributed by atoms with van der Waals surface area (Å²) in [6.07, 6.45) is 6.05. The molecule has 2 unspecified atom stereocenters. The van der Waals surface area contributed by atoms with Crippen LogP contribution >= 0.6 is 11.6 Å². The first-order valence-corrected chi connectivity index (χ1v) is 5.96. The Morgan fingerprint density at radius 3 is 2.87 bits per heavy atom. The van der Waals surface area contributed by atoms with Crippen molar-refractivity contribution in [3.05, 3.63) is 30.1 Å². The number of piperidine rings is 1. The van der Waals surface area contributed by atoms with Gasteiger partial charge in [0.15, 0.2) is 0 Å². The van der Waals surface area contributed by atoms with Crippen LogP contribution in [0.1, 0.15) is 25.3 Å². The summed E-state index contributed by atoms with van der Waals surface area (Å²) in [4.78, 5) is 6.48. The molecule has 0 spiro atoms. The van der Waals surface area contributed by atoms with Crippen LogP contribution in [-0.4, -0.2) is 27.8 Å². The average molecular weight is 225 g/mol. The van der Waals surface area contributed by atoms with Gasteiger partial charge in [-0.25, -0.2) is 0 Å². The highest BCUT2D eigenvalue weighted by Crippen LogP contribution is 2.22. The van der Waals surface area contributed by atoms with E-state index in [2.05, 4.69) is 28.9 Å².